The quantitative estimate of drug-likeness (QED) is 0.0890. The molecule has 0 radical (unpaired) electrons. The molecule has 1 aliphatic heterocycles. The normalized spacial score (nSPS) is 14.5. The van der Waals surface area contributed by atoms with Gasteiger partial charge in [-0.25, -0.2) is 19.2 Å². The second kappa shape index (κ2) is 17.5. The maximum absolute atomic E-state index is 13.8. The molecule has 1 unspecified atom stereocenters. The van der Waals surface area contributed by atoms with Crippen molar-refractivity contribution in [3.63, 3.8) is 0 Å². The van der Waals surface area contributed by atoms with Crippen molar-refractivity contribution in [3.05, 3.63) is 59.7 Å². The van der Waals surface area contributed by atoms with Crippen molar-refractivity contribution in [1.29, 1.82) is 0 Å². The number of amides is 2. The summed E-state index contributed by atoms with van der Waals surface area (Å²) in [6.45, 7) is 22.0. The molecule has 294 valence electrons. The summed E-state index contributed by atoms with van der Waals surface area (Å²) in [6.07, 6.45) is -2.48. The van der Waals surface area contributed by atoms with Crippen LogP contribution in [0.1, 0.15) is 101 Å². The van der Waals surface area contributed by atoms with Gasteiger partial charge in [-0.1, -0.05) is 36.4 Å². The first-order chi connectivity index (χ1) is 24.4. The summed E-state index contributed by atoms with van der Waals surface area (Å²) in [4.78, 5) is 56.0. The molecule has 0 N–H and O–H groups in total. The number of benzene rings is 2. The van der Waals surface area contributed by atoms with Crippen molar-refractivity contribution in [2.75, 3.05) is 19.7 Å². The summed E-state index contributed by atoms with van der Waals surface area (Å²) in [6, 6.07) is 13.8. The van der Waals surface area contributed by atoms with E-state index in [0.717, 1.165) is 0 Å². The van der Waals surface area contributed by atoms with Crippen LogP contribution in [0.5, 0.6) is 11.5 Å². The van der Waals surface area contributed by atoms with Crippen LogP contribution in [0.2, 0.25) is 0 Å². The van der Waals surface area contributed by atoms with Crippen LogP contribution in [0.15, 0.2) is 48.5 Å². The van der Waals surface area contributed by atoms with E-state index in [0.29, 0.717) is 24.2 Å². The van der Waals surface area contributed by atoms with E-state index >= 15 is 0 Å². The Kier molecular flexibility index (Phi) is 14.2. The molecule has 53 heavy (non-hydrogen) atoms. The van der Waals surface area contributed by atoms with E-state index in [9.17, 15) is 19.2 Å². The lowest BCUT2D eigenvalue weighted by molar-refractivity contribution is 0.0113. The number of rotatable bonds is 12. The molecule has 1 heterocycles. The van der Waals surface area contributed by atoms with E-state index < -0.39 is 46.9 Å². The summed E-state index contributed by atoms with van der Waals surface area (Å²) >= 11 is 0. The number of nitrogens with zero attached hydrogens (tertiary/aromatic N) is 2. The van der Waals surface area contributed by atoms with Gasteiger partial charge < -0.3 is 43.0 Å². The lowest BCUT2D eigenvalue weighted by Crippen LogP contribution is -2.44. The Balaban J connectivity index is 1.97. The van der Waals surface area contributed by atoms with Crippen LogP contribution in [0.4, 0.5) is 19.2 Å². The van der Waals surface area contributed by atoms with Gasteiger partial charge >= 0.3 is 24.5 Å². The van der Waals surface area contributed by atoms with Crippen LogP contribution in [0, 0.1) is 5.92 Å². The molecule has 2 aromatic carbocycles. The molecule has 0 bridgehead atoms. The molecule has 1 aliphatic rings. The van der Waals surface area contributed by atoms with E-state index in [1.165, 1.54) is 9.80 Å². The van der Waals surface area contributed by atoms with Gasteiger partial charge in [0.15, 0.2) is 0 Å². The average Bonchev–Trinajstić information content (AvgIpc) is 3.78. The van der Waals surface area contributed by atoms with Crippen LogP contribution in [0.3, 0.4) is 0 Å². The molecule has 1 saturated heterocycles. The highest BCUT2D eigenvalue weighted by Crippen LogP contribution is 2.29. The molecule has 0 spiro atoms. The average molecular weight is 743 g/mol. The minimum absolute atomic E-state index is 0.0227. The van der Waals surface area contributed by atoms with Crippen LogP contribution >= 0.6 is 0 Å². The number of carbonyl (C=O) groups is 4. The van der Waals surface area contributed by atoms with Gasteiger partial charge in [0.05, 0.1) is 25.8 Å². The molecule has 2 aromatic rings. The molecule has 13 heteroatoms. The monoisotopic (exact) mass is 742 g/mol. The number of para-hydroxylation sites is 2. The number of epoxide rings is 1. The standard InChI is InChI=1S/C40H58N2O11/c1-37(2,3)50-33(43)41(24-28-17-13-15-19-31(28)48-35(45)52-39(7,8)9)22-27(21-30-26-47-30)23-42(34(44)51-38(4,5)6)25-29-18-14-16-20-32(29)49-36(46)53-40(10,11)12/h13-20,27,30H,21-26H2,1-12H3. The first-order valence-corrected chi connectivity index (χ1v) is 17.9. The second-order valence-electron chi connectivity index (χ2n) is 17.1. The first-order valence-electron chi connectivity index (χ1n) is 17.9. The lowest BCUT2D eigenvalue weighted by atomic mass is 10.0. The lowest BCUT2D eigenvalue weighted by Gasteiger charge is -2.34. The topological polar surface area (TPSA) is 143 Å². The third-order valence-electron chi connectivity index (χ3n) is 7.09. The maximum Gasteiger partial charge on any atom is 0.514 e. The fraction of sp³-hybridized carbons (Fsp3) is 0.600. The third-order valence-corrected chi connectivity index (χ3v) is 7.09. The Hall–Kier alpha value is -4.52. The van der Waals surface area contributed by atoms with Crippen LogP contribution in [-0.2, 0) is 36.8 Å². The maximum atomic E-state index is 13.8. The van der Waals surface area contributed by atoms with Crippen molar-refractivity contribution < 1.29 is 52.3 Å². The number of hydrogen-bond acceptors (Lipinski definition) is 11. The highest BCUT2D eigenvalue weighted by molar-refractivity contribution is 5.70. The summed E-state index contributed by atoms with van der Waals surface area (Å²) in [5.74, 6) is 0.129. The van der Waals surface area contributed by atoms with E-state index in [1.807, 2.05) is 0 Å². The van der Waals surface area contributed by atoms with Crippen molar-refractivity contribution in [3.8, 4) is 11.5 Å². The van der Waals surface area contributed by atoms with Crippen LogP contribution < -0.4 is 9.47 Å². The highest BCUT2D eigenvalue weighted by Gasteiger charge is 2.34. The predicted octanol–water partition coefficient (Wildman–Crippen LogP) is 8.89. The predicted molar refractivity (Wildman–Crippen MR) is 198 cm³/mol. The molecular formula is C40H58N2O11. The zero-order valence-corrected chi connectivity index (χ0v) is 33.4. The van der Waals surface area contributed by atoms with E-state index in [2.05, 4.69) is 0 Å². The number of carbonyl (C=O) groups excluding carboxylic acids is 4. The molecule has 0 aliphatic carbocycles. The largest absolute Gasteiger partial charge is 0.514 e. The Morgan fingerprint density at radius 1 is 0.604 bits per heavy atom. The molecule has 2 amide bonds. The van der Waals surface area contributed by atoms with E-state index in [1.54, 1.807) is 132 Å². The van der Waals surface area contributed by atoms with Gasteiger partial charge in [0, 0.05) is 24.2 Å². The molecule has 1 fully saturated rings. The second-order valence-corrected chi connectivity index (χ2v) is 17.1. The minimum Gasteiger partial charge on any atom is -0.444 e. The SMILES string of the molecule is CC(C)(C)OC(=O)Oc1ccccc1CN(CC(CC1CO1)CN(Cc1ccccc1OC(=O)OC(C)(C)C)C(=O)OC(C)(C)C)C(=O)OC(C)(C)C. The summed E-state index contributed by atoms with van der Waals surface area (Å²) in [5, 5.41) is 0. The van der Waals surface area contributed by atoms with Crippen molar-refractivity contribution >= 4 is 24.5 Å². The minimum atomic E-state index is -0.874. The molecule has 1 atom stereocenters. The molecular weight excluding hydrogens is 684 g/mol. The summed E-state index contributed by atoms with van der Waals surface area (Å²) in [5.41, 5.74) is -2.07. The van der Waals surface area contributed by atoms with Crippen LogP contribution in [-0.4, -0.2) is 82.5 Å². The Morgan fingerprint density at radius 3 is 1.26 bits per heavy atom. The van der Waals surface area contributed by atoms with Crippen LogP contribution in [0.25, 0.3) is 0 Å². The fourth-order valence-electron chi connectivity index (χ4n) is 5.07. The molecule has 3 rings (SSSR count). The zero-order valence-electron chi connectivity index (χ0n) is 33.4. The van der Waals surface area contributed by atoms with Crippen molar-refractivity contribution in [2.24, 2.45) is 5.92 Å². The smallest absolute Gasteiger partial charge is 0.444 e. The highest BCUT2D eigenvalue weighted by atomic mass is 16.7. The first kappa shape index (κ1) is 42.9. The van der Waals surface area contributed by atoms with Gasteiger partial charge in [-0.3, -0.25) is 0 Å². The van der Waals surface area contributed by atoms with Gasteiger partial charge in [-0.15, -0.1) is 0 Å². The van der Waals surface area contributed by atoms with Crippen molar-refractivity contribution in [1.82, 2.24) is 9.80 Å². The summed E-state index contributed by atoms with van der Waals surface area (Å²) < 4.78 is 39.2. The fourth-order valence-corrected chi connectivity index (χ4v) is 5.07. The Bertz CT molecular complexity index is 1450. The molecule has 0 aromatic heterocycles. The van der Waals surface area contributed by atoms with Gasteiger partial charge in [-0.2, -0.15) is 0 Å². The van der Waals surface area contributed by atoms with Gasteiger partial charge in [0.25, 0.3) is 0 Å². The van der Waals surface area contributed by atoms with E-state index in [4.69, 9.17) is 33.2 Å². The number of hydrogen-bond donors (Lipinski definition) is 0. The van der Waals surface area contributed by atoms with Gasteiger partial charge in [0.1, 0.15) is 33.9 Å². The molecule has 13 nitrogen and oxygen atoms in total. The number of ether oxygens (including phenoxy) is 7. The van der Waals surface area contributed by atoms with Gasteiger partial charge in [0.2, 0.25) is 0 Å². The zero-order chi connectivity index (χ0) is 39.8. The molecule has 0 saturated carbocycles. The van der Waals surface area contributed by atoms with Crippen molar-refractivity contribution in [2.45, 2.75) is 131 Å². The van der Waals surface area contributed by atoms with Gasteiger partial charge in [-0.05, 0) is 108 Å². The Morgan fingerprint density at radius 2 is 0.943 bits per heavy atom. The summed E-state index contributed by atoms with van der Waals surface area (Å²) in [7, 11) is 0. The third kappa shape index (κ3) is 16.8. The Labute approximate surface area is 314 Å². The van der Waals surface area contributed by atoms with E-state index in [-0.39, 0.29) is 49.7 Å².